The second-order valence-corrected chi connectivity index (χ2v) is 4.38. The van der Waals surface area contributed by atoms with Gasteiger partial charge in [0.15, 0.2) is 0 Å². The van der Waals surface area contributed by atoms with Gasteiger partial charge in [-0.15, -0.1) is 0 Å². The third-order valence-corrected chi connectivity index (χ3v) is 3.32. The maximum absolute atomic E-state index is 11.6. The number of fused-ring (bicyclic) bond motifs is 2. The van der Waals surface area contributed by atoms with Crippen LogP contribution in [0.25, 0.3) is 0 Å². The smallest absolute Gasteiger partial charge is 0.416 e. The number of hydrogen-bond donors (Lipinski definition) is 1. The fourth-order valence-electron chi connectivity index (χ4n) is 2.49. The molecule has 3 heteroatoms. The van der Waals surface area contributed by atoms with Crippen molar-refractivity contribution in [1.82, 2.24) is 0 Å². The minimum atomic E-state index is -0.934. The van der Waals surface area contributed by atoms with Crippen molar-refractivity contribution in [3.63, 3.8) is 0 Å². The zero-order chi connectivity index (χ0) is 12.5. The maximum Gasteiger partial charge on any atom is 0.416 e. The van der Waals surface area contributed by atoms with Gasteiger partial charge in [0.1, 0.15) is 0 Å². The first-order valence-electron chi connectivity index (χ1n) is 5.96. The molecule has 3 rings (SSSR count). The van der Waals surface area contributed by atoms with E-state index >= 15 is 0 Å². The summed E-state index contributed by atoms with van der Waals surface area (Å²) in [6.45, 7) is 0. The summed E-state index contributed by atoms with van der Waals surface area (Å²) in [6, 6.07) is 15.4. The number of hydrogen-bond acceptors (Lipinski definition) is 1. The molecule has 0 saturated carbocycles. The van der Waals surface area contributed by atoms with Gasteiger partial charge in [-0.3, -0.25) is 0 Å². The number of carbonyl (C=O) groups is 1. The van der Waals surface area contributed by atoms with Gasteiger partial charge in [0.05, 0.1) is 11.4 Å². The van der Waals surface area contributed by atoms with Gasteiger partial charge in [-0.1, -0.05) is 36.4 Å². The summed E-state index contributed by atoms with van der Waals surface area (Å²) < 4.78 is 0. The number of amides is 1. The molecule has 0 aromatic heterocycles. The number of anilines is 2. The summed E-state index contributed by atoms with van der Waals surface area (Å²) in [5.41, 5.74) is 3.71. The van der Waals surface area contributed by atoms with Crippen molar-refractivity contribution in [2.75, 3.05) is 4.90 Å². The minimum Gasteiger partial charge on any atom is -0.464 e. The third-order valence-electron chi connectivity index (χ3n) is 3.32. The van der Waals surface area contributed by atoms with Crippen molar-refractivity contribution in [2.24, 2.45) is 0 Å². The Morgan fingerprint density at radius 1 is 0.889 bits per heavy atom. The molecule has 90 valence electrons. The lowest BCUT2D eigenvalue weighted by molar-refractivity contribution is 0.204. The predicted octanol–water partition coefficient (Wildman–Crippen LogP) is 3.60. The van der Waals surface area contributed by atoms with Crippen LogP contribution < -0.4 is 4.90 Å². The van der Waals surface area contributed by atoms with Crippen LogP contribution in [0.5, 0.6) is 0 Å². The van der Waals surface area contributed by atoms with E-state index in [2.05, 4.69) is 0 Å². The first-order valence-corrected chi connectivity index (χ1v) is 5.96. The van der Waals surface area contributed by atoms with Gasteiger partial charge in [0, 0.05) is 0 Å². The Kier molecular flexibility index (Phi) is 2.52. The molecule has 0 spiro atoms. The number of aryl methyl sites for hydroxylation is 2. The van der Waals surface area contributed by atoms with E-state index in [0.29, 0.717) is 0 Å². The van der Waals surface area contributed by atoms with Crippen LogP contribution in [-0.2, 0) is 12.8 Å². The molecule has 3 nitrogen and oxygen atoms in total. The number of carboxylic acid groups (broad SMARTS) is 1. The molecule has 0 radical (unpaired) electrons. The highest BCUT2D eigenvalue weighted by Gasteiger charge is 2.24. The van der Waals surface area contributed by atoms with Crippen LogP contribution in [-0.4, -0.2) is 11.2 Å². The van der Waals surface area contributed by atoms with Crippen LogP contribution in [0.4, 0.5) is 16.2 Å². The van der Waals surface area contributed by atoms with E-state index < -0.39 is 6.09 Å². The second-order valence-electron chi connectivity index (χ2n) is 4.38. The zero-order valence-corrected chi connectivity index (χ0v) is 9.84. The molecular weight excluding hydrogens is 226 g/mol. The predicted molar refractivity (Wildman–Crippen MR) is 70.5 cm³/mol. The molecule has 2 aromatic carbocycles. The van der Waals surface area contributed by atoms with Crippen molar-refractivity contribution < 1.29 is 9.90 Å². The SMILES string of the molecule is O=C(O)N1c2ccccc2CCc2ccccc21. The lowest BCUT2D eigenvalue weighted by Gasteiger charge is -2.21. The molecule has 0 atom stereocenters. The van der Waals surface area contributed by atoms with E-state index in [1.54, 1.807) is 0 Å². The van der Waals surface area contributed by atoms with Crippen LogP contribution in [0.15, 0.2) is 48.5 Å². The van der Waals surface area contributed by atoms with Gasteiger partial charge in [0.2, 0.25) is 0 Å². The van der Waals surface area contributed by atoms with Crippen molar-refractivity contribution in [1.29, 1.82) is 0 Å². The van der Waals surface area contributed by atoms with Gasteiger partial charge >= 0.3 is 6.09 Å². The largest absolute Gasteiger partial charge is 0.464 e. The number of rotatable bonds is 0. The number of nitrogens with zero attached hydrogens (tertiary/aromatic N) is 1. The highest BCUT2D eigenvalue weighted by Crippen LogP contribution is 2.35. The van der Waals surface area contributed by atoms with E-state index in [1.807, 2.05) is 48.5 Å². The summed E-state index contributed by atoms with van der Waals surface area (Å²) in [6.07, 6.45) is 0.810. The molecule has 0 unspecified atom stereocenters. The monoisotopic (exact) mass is 239 g/mol. The second kappa shape index (κ2) is 4.18. The van der Waals surface area contributed by atoms with E-state index in [0.717, 1.165) is 35.3 Å². The van der Waals surface area contributed by atoms with Crippen LogP contribution in [0.2, 0.25) is 0 Å². The average Bonchev–Trinajstić information content (AvgIpc) is 2.55. The van der Waals surface area contributed by atoms with Gasteiger partial charge in [-0.25, -0.2) is 9.69 Å². The van der Waals surface area contributed by atoms with Gasteiger partial charge in [-0.2, -0.15) is 0 Å². The Bertz CT molecular complexity index is 559. The molecule has 1 aliphatic heterocycles. The van der Waals surface area contributed by atoms with Crippen molar-refractivity contribution in [2.45, 2.75) is 12.8 Å². The van der Waals surface area contributed by atoms with Crippen LogP contribution >= 0.6 is 0 Å². The third kappa shape index (κ3) is 1.64. The molecule has 1 amide bonds. The van der Waals surface area contributed by atoms with E-state index in [1.165, 1.54) is 4.90 Å². The molecule has 1 N–H and O–H groups in total. The summed E-state index contributed by atoms with van der Waals surface area (Å²) in [4.78, 5) is 12.9. The molecule has 0 bridgehead atoms. The fourth-order valence-corrected chi connectivity index (χ4v) is 2.49. The highest BCUT2D eigenvalue weighted by molar-refractivity contribution is 5.97. The standard InChI is InChI=1S/C15H13NO2/c17-15(18)16-13-7-3-1-5-11(13)9-10-12-6-2-4-8-14(12)16/h1-8H,9-10H2,(H,17,18). The summed E-state index contributed by atoms with van der Waals surface area (Å²) in [5, 5.41) is 9.48. The summed E-state index contributed by atoms with van der Waals surface area (Å²) >= 11 is 0. The van der Waals surface area contributed by atoms with E-state index in [-0.39, 0.29) is 0 Å². The number of benzene rings is 2. The van der Waals surface area contributed by atoms with Gasteiger partial charge < -0.3 is 5.11 Å². The first kappa shape index (κ1) is 10.8. The quantitative estimate of drug-likeness (QED) is 0.763. The highest BCUT2D eigenvalue weighted by atomic mass is 16.4. The first-order chi connectivity index (χ1) is 8.77. The van der Waals surface area contributed by atoms with Crippen molar-refractivity contribution in [3.8, 4) is 0 Å². The summed E-state index contributed by atoms with van der Waals surface area (Å²) in [5.74, 6) is 0. The van der Waals surface area contributed by atoms with Gasteiger partial charge in [0.25, 0.3) is 0 Å². The topological polar surface area (TPSA) is 40.5 Å². The van der Waals surface area contributed by atoms with E-state index in [9.17, 15) is 9.90 Å². The van der Waals surface area contributed by atoms with Crippen LogP contribution in [0, 0.1) is 0 Å². The van der Waals surface area contributed by atoms with Gasteiger partial charge in [-0.05, 0) is 36.1 Å². The molecule has 1 aliphatic rings. The molecular formula is C15H13NO2. The lowest BCUT2D eigenvalue weighted by atomic mass is 10.0. The van der Waals surface area contributed by atoms with Crippen molar-refractivity contribution in [3.05, 3.63) is 59.7 Å². The molecule has 0 aliphatic carbocycles. The average molecular weight is 239 g/mol. The van der Waals surface area contributed by atoms with Crippen LogP contribution in [0.1, 0.15) is 11.1 Å². The molecule has 0 saturated heterocycles. The maximum atomic E-state index is 11.6. The Hall–Kier alpha value is -2.29. The summed E-state index contributed by atoms with van der Waals surface area (Å²) in [7, 11) is 0. The Morgan fingerprint density at radius 3 is 1.78 bits per heavy atom. The normalized spacial score (nSPS) is 13.4. The molecule has 1 heterocycles. The Morgan fingerprint density at radius 2 is 1.33 bits per heavy atom. The fraction of sp³-hybridized carbons (Fsp3) is 0.133. The Labute approximate surface area is 105 Å². The van der Waals surface area contributed by atoms with Crippen molar-refractivity contribution >= 4 is 17.5 Å². The Balaban J connectivity index is 2.24. The zero-order valence-electron chi connectivity index (χ0n) is 9.84. The lowest BCUT2D eigenvalue weighted by Crippen LogP contribution is -2.24. The number of para-hydroxylation sites is 2. The molecule has 2 aromatic rings. The van der Waals surface area contributed by atoms with E-state index in [4.69, 9.17) is 0 Å². The molecule has 0 fully saturated rings. The minimum absolute atomic E-state index is 0.773. The molecule has 18 heavy (non-hydrogen) atoms. The van der Waals surface area contributed by atoms with Crippen LogP contribution in [0.3, 0.4) is 0 Å².